The Hall–Kier alpha value is -2.34. The molecule has 2 aromatic carbocycles. The van der Waals surface area contributed by atoms with Crippen LogP contribution in [0, 0.1) is 6.92 Å². The second-order valence-electron chi connectivity index (χ2n) is 7.30. The molecule has 2 heterocycles. The number of likely N-dealkylation sites (N-methyl/N-ethyl adjacent to an activating group) is 1. The lowest BCUT2D eigenvalue weighted by Crippen LogP contribution is -2.27. The molecule has 0 spiro atoms. The van der Waals surface area contributed by atoms with Gasteiger partial charge in [0.05, 0.1) is 21.7 Å². The fourth-order valence-electron chi connectivity index (χ4n) is 3.98. The number of carbonyl (C=O) groups excluding carboxylic acids is 1. The minimum Gasteiger partial charge on any atom is -0.308 e. The molecule has 0 atom stereocenters. The van der Waals surface area contributed by atoms with Crippen LogP contribution in [-0.4, -0.2) is 44.3 Å². The number of halogens is 2. The first kappa shape index (κ1) is 20.9. The Balaban J connectivity index is 1.89. The number of aryl methyl sites for hydroxylation is 1. The molecule has 4 aromatic rings. The Bertz CT molecular complexity index is 1240. The summed E-state index contributed by atoms with van der Waals surface area (Å²) in [5, 5.41) is 0.840. The fourth-order valence-corrected chi connectivity index (χ4v) is 4.48. The van der Waals surface area contributed by atoms with Crippen molar-refractivity contribution in [2.24, 2.45) is 0 Å². The van der Waals surface area contributed by atoms with Gasteiger partial charge in [-0.05, 0) is 50.3 Å². The van der Waals surface area contributed by atoms with E-state index in [-0.39, 0.29) is 5.78 Å². The average molecular weight is 443 g/mol. The van der Waals surface area contributed by atoms with Gasteiger partial charge in [-0.25, -0.2) is 4.98 Å². The molecule has 0 aliphatic heterocycles. The summed E-state index contributed by atoms with van der Waals surface area (Å²) < 4.78 is 4.15. The lowest BCUT2D eigenvalue weighted by Gasteiger charge is -2.18. The molecule has 2 aromatic heterocycles. The molecule has 4 rings (SSSR count). The summed E-state index contributed by atoms with van der Waals surface area (Å²) in [6.45, 7) is 9.91. The molecule has 0 aliphatic rings. The normalized spacial score (nSPS) is 11.8. The molecule has 5 nitrogen and oxygen atoms in total. The van der Waals surface area contributed by atoms with Gasteiger partial charge < -0.3 is 9.47 Å². The number of benzene rings is 2. The fraction of sp³-hybridized carbons (Fsp3) is 0.304. The van der Waals surface area contributed by atoms with Crippen molar-refractivity contribution in [3.05, 3.63) is 69.5 Å². The Labute approximate surface area is 185 Å². The lowest BCUT2D eigenvalue weighted by atomic mass is 10.1. The number of hydrogen-bond donors (Lipinski definition) is 0. The van der Waals surface area contributed by atoms with Gasteiger partial charge in [-0.1, -0.05) is 49.2 Å². The molecule has 7 heteroatoms. The standard InChI is InChI=1S/C23H24Cl2N4O/c1-4-27(5-2)12-13-28-19-8-6-7-9-20(19)29-21(15(3)26-23(28)29)22(30)17-11-10-16(24)14-18(17)25/h6-11,14H,4-5,12-13H2,1-3H3. The number of aromatic nitrogens is 3. The summed E-state index contributed by atoms with van der Waals surface area (Å²) in [5.74, 6) is 0.614. The zero-order valence-electron chi connectivity index (χ0n) is 17.3. The molecular weight excluding hydrogens is 419 g/mol. The summed E-state index contributed by atoms with van der Waals surface area (Å²) in [6.07, 6.45) is 0. The van der Waals surface area contributed by atoms with Crippen molar-refractivity contribution >= 4 is 45.8 Å². The van der Waals surface area contributed by atoms with E-state index in [4.69, 9.17) is 28.2 Å². The smallest absolute Gasteiger partial charge is 0.215 e. The van der Waals surface area contributed by atoms with Crippen LogP contribution in [0.5, 0.6) is 0 Å². The number of fused-ring (bicyclic) bond motifs is 3. The quantitative estimate of drug-likeness (QED) is 0.356. The Morgan fingerprint density at radius 2 is 1.77 bits per heavy atom. The number of para-hydroxylation sites is 2. The van der Waals surface area contributed by atoms with Gasteiger partial charge in [0.2, 0.25) is 11.6 Å². The predicted octanol–water partition coefficient (Wildman–Crippen LogP) is 5.48. The maximum Gasteiger partial charge on any atom is 0.215 e. The van der Waals surface area contributed by atoms with Crippen molar-refractivity contribution < 1.29 is 4.79 Å². The summed E-state index contributed by atoms with van der Waals surface area (Å²) >= 11 is 12.4. The Morgan fingerprint density at radius 1 is 1.07 bits per heavy atom. The van der Waals surface area contributed by atoms with E-state index in [0.717, 1.165) is 43.0 Å². The summed E-state index contributed by atoms with van der Waals surface area (Å²) in [6, 6.07) is 13.0. The van der Waals surface area contributed by atoms with E-state index in [2.05, 4.69) is 29.4 Å². The van der Waals surface area contributed by atoms with Gasteiger partial charge in [-0.2, -0.15) is 0 Å². The van der Waals surface area contributed by atoms with Crippen molar-refractivity contribution in [1.29, 1.82) is 0 Å². The zero-order valence-corrected chi connectivity index (χ0v) is 18.8. The van der Waals surface area contributed by atoms with Crippen molar-refractivity contribution in [2.75, 3.05) is 19.6 Å². The van der Waals surface area contributed by atoms with E-state index in [1.54, 1.807) is 18.2 Å². The molecule has 0 saturated carbocycles. The van der Waals surface area contributed by atoms with Gasteiger partial charge >= 0.3 is 0 Å². The predicted molar refractivity (Wildman–Crippen MR) is 123 cm³/mol. The third-order valence-electron chi connectivity index (χ3n) is 5.61. The van der Waals surface area contributed by atoms with Gasteiger partial charge in [0.15, 0.2) is 0 Å². The van der Waals surface area contributed by atoms with Crippen LogP contribution in [-0.2, 0) is 6.54 Å². The molecular formula is C23H24Cl2N4O. The molecule has 30 heavy (non-hydrogen) atoms. The van der Waals surface area contributed by atoms with Crippen LogP contribution in [0.1, 0.15) is 35.6 Å². The Morgan fingerprint density at radius 3 is 2.43 bits per heavy atom. The van der Waals surface area contributed by atoms with Crippen LogP contribution in [0.25, 0.3) is 16.8 Å². The third kappa shape index (κ3) is 3.51. The van der Waals surface area contributed by atoms with Crippen LogP contribution in [0.2, 0.25) is 10.0 Å². The number of hydrogen-bond acceptors (Lipinski definition) is 3. The maximum absolute atomic E-state index is 13.5. The van der Waals surface area contributed by atoms with E-state index < -0.39 is 0 Å². The van der Waals surface area contributed by atoms with E-state index in [1.807, 2.05) is 29.5 Å². The van der Waals surface area contributed by atoms with Crippen LogP contribution >= 0.6 is 23.2 Å². The van der Waals surface area contributed by atoms with Crippen molar-refractivity contribution in [2.45, 2.75) is 27.3 Å². The molecule has 0 aliphatic carbocycles. The average Bonchev–Trinajstić information content (AvgIpc) is 3.21. The van der Waals surface area contributed by atoms with Gasteiger partial charge in [0.25, 0.3) is 0 Å². The molecule has 0 unspecified atom stereocenters. The summed E-state index contributed by atoms with van der Waals surface area (Å²) in [5.41, 5.74) is 3.66. The number of imidazole rings is 2. The minimum absolute atomic E-state index is 0.159. The molecule has 0 radical (unpaired) electrons. The third-order valence-corrected chi connectivity index (χ3v) is 6.16. The molecule has 0 saturated heterocycles. The van der Waals surface area contributed by atoms with Gasteiger partial charge in [0, 0.05) is 23.7 Å². The number of carbonyl (C=O) groups is 1. The second-order valence-corrected chi connectivity index (χ2v) is 8.15. The zero-order chi connectivity index (χ0) is 21.4. The van der Waals surface area contributed by atoms with Crippen molar-refractivity contribution in [3.8, 4) is 0 Å². The van der Waals surface area contributed by atoms with Crippen molar-refractivity contribution in [3.63, 3.8) is 0 Å². The van der Waals surface area contributed by atoms with Crippen molar-refractivity contribution in [1.82, 2.24) is 18.9 Å². The number of nitrogens with zero attached hydrogens (tertiary/aromatic N) is 4. The monoisotopic (exact) mass is 442 g/mol. The summed E-state index contributed by atoms with van der Waals surface area (Å²) in [7, 11) is 0. The SMILES string of the molecule is CCN(CC)CCn1c2ccccc2n2c(C(=O)c3ccc(Cl)cc3Cl)c(C)nc12. The van der Waals surface area contributed by atoms with Crippen LogP contribution in [0.3, 0.4) is 0 Å². The highest BCUT2D eigenvalue weighted by Gasteiger charge is 2.25. The molecule has 0 amide bonds. The molecule has 0 N–H and O–H groups in total. The molecule has 156 valence electrons. The van der Waals surface area contributed by atoms with E-state index in [1.165, 1.54) is 0 Å². The summed E-state index contributed by atoms with van der Waals surface area (Å²) in [4.78, 5) is 20.6. The first-order chi connectivity index (χ1) is 14.5. The highest BCUT2D eigenvalue weighted by molar-refractivity contribution is 6.37. The van der Waals surface area contributed by atoms with E-state index in [0.29, 0.717) is 27.0 Å². The largest absolute Gasteiger partial charge is 0.308 e. The second kappa shape index (κ2) is 8.42. The van der Waals surface area contributed by atoms with Crippen LogP contribution < -0.4 is 0 Å². The Kier molecular flexibility index (Phi) is 5.87. The minimum atomic E-state index is -0.159. The highest BCUT2D eigenvalue weighted by atomic mass is 35.5. The van der Waals surface area contributed by atoms with Crippen LogP contribution in [0.4, 0.5) is 0 Å². The topological polar surface area (TPSA) is 42.5 Å². The van der Waals surface area contributed by atoms with Gasteiger partial charge in [-0.3, -0.25) is 9.20 Å². The van der Waals surface area contributed by atoms with E-state index in [9.17, 15) is 4.79 Å². The highest BCUT2D eigenvalue weighted by Crippen LogP contribution is 2.29. The maximum atomic E-state index is 13.5. The first-order valence-electron chi connectivity index (χ1n) is 10.1. The van der Waals surface area contributed by atoms with Crippen LogP contribution in [0.15, 0.2) is 42.5 Å². The molecule has 0 fully saturated rings. The lowest BCUT2D eigenvalue weighted by molar-refractivity contribution is 0.103. The number of rotatable bonds is 7. The van der Waals surface area contributed by atoms with Gasteiger partial charge in [-0.15, -0.1) is 0 Å². The van der Waals surface area contributed by atoms with Gasteiger partial charge in [0.1, 0.15) is 5.69 Å². The first-order valence-corrected chi connectivity index (χ1v) is 10.9. The molecule has 0 bridgehead atoms. The van der Waals surface area contributed by atoms with E-state index >= 15 is 0 Å². The number of ketones is 1.